The molecule has 0 bridgehead atoms. The molecule has 0 atom stereocenters. The monoisotopic (exact) mass is 1340 g/mol. The average molecular weight is 1340 g/mol. The normalized spacial score (nSPS) is 11.4. The molecule has 0 radical (unpaired) electrons. The summed E-state index contributed by atoms with van der Waals surface area (Å²) in [6.45, 7) is 4.59. The Balaban J connectivity index is 0.000000452. The third kappa shape index (κ3) is 26.1. The van der Waals surface area contributed by atoms with Crippen LogP contribution in [0.3, 0.4) is 0 Å². The predicted molar refractivity (Wildman–Crippen MR) is 246 cm³/mol. The second-order valence-electron chi connectivity index (χ2n) is 12.6. The van der Waals surface area contributed by atoms with Crippen LogP contribution in [0.25, 0.3) is 0 Å². The van der Waals surface area contributed by atoms with Gasteiger partial charge in [0, 0.05) is 0 Å². The third-order valence-corrected chi connectivity index (χ3v) is 17.6. The number of halogens is 4. The molecule has 0 fully saturated rings. The van der Waals surface area contributed by atoms with E-state index in [0.29, 0.717) is 0 Å². The first-order valence-corrected chi connectivity index (χ1v) is 39.8. The van der Waals surface area contributed by atoms with Crippen molar-refractivity contribution in [1.82, 2.24) is 0 Å². The molecular weight excluding hydrogens is 1300 g/mol. The van der Waals surface area contributed by atoms with Gasteiger partial charge in [-0.05, 0) is 85.6 Å². The fraction of sp³-hybridized carbons (Fsp3) is 0.143. The van der Waals surface area contributed by atoms with E-state index in [0.717, 1.165) is 0 Å². The van der Waals surface area contributed by atoms with Crippen LogP contribution in [0.2, 0.25) is 0 Å². The van der Waals surface area contributed by atoms with E-state index in [-0.39, 0.29) is 0 Å². The minimum absolute atomic E-state index is 1.19. The fourth-order valence-electron chi connectivity index (χ4n) is 6.43. The Hall–Kier alpha value is -1.58. The first kappa shape index (κ1) is 60.4. The van der Waals surface area contributed by atoms with Crippen LogP contribution < -0.4 is 40.2 Å². The SMILES string of the molecule is CCC[P+](c1ccccc1)(c1ccccc1)c1ccccc1.CCC[P+](c1ccccc1)(c1ccccc1)c1ccccc1.[O]=[Mn](=[O])([O-])[Br].[O]=[Mn](=[O])([O-])[Br].[O]=[Mn](=[O])([OH])[Br].[O]=[Mn](=[O])([OH])[Br]. The molecule has 6 rings (SSSR count). The molecule has 22 heteroatoms. The second kappa shape index (κ2) is 30.0. The van der Waals surface area contributed by atoms with E-state index in [1.165, 1.54) is 57.0 Å². The Bertz CT molecular complexity index is 2190. The van der Waals surface area contributed by atoms with Gasteiger partial charge < -0.3 is 0 Å². The Kier molecular flexibility index (Phi) is 28.3. The maximum absolute atomic E-state index is 9.16. The summed E-state index contributed by atoms with van der Waals surface area (Å²) < 4.78 is 106. The van der Waals surface area contributed by atoms with Crippen molar-refractivity contribution in [3.05, 3.63) is 182 Å². The van der Waals surface area contributed by atoms with Crippen molar-refractivity contribution < 1.29 is 92.4 Å². The minimum atomic E-state index is -4.56. The number of hydrogen-bond acceptors (Lipinski definition) is 10. The molecule has 352 valence electrons. The first-order chi connectivity index (χ1) is 29.8. The van der Waals surface area contributed by atoms with Gasteiger partial charge in [0.2, 0.25) is 0 Å². The van der Waals surface area contributed by atoms with Crippen LogP contribution in [0.4, 0.5) is 0 Å². The zero-order valence-corrected chi connectivity index (χ0v) is 46.9. The van der Waals surface area contributed by atoms with Gasteiger partial charge in [-0.2, -0.15) is 0 Å². The molecule has 0 saturated carbocycles. The Morgan fingerprint density at radius 3 is 0.562 bits per heavy atom. The summed E-state index contributed by atoms with van der Waals surface area (Å²) in [7, 11) is -3.11. The van der Waals surface area contributed by atoms with Crippen LogP contribution in [0.5, 0.6) is 0 Å². The summed E-state index contributed by atoms with van der Waals surface area (Å²) in [5.74, 6) is 0. The van der Waals surface area contributed by atoms with Crippen LogP contribution >= 0.6 is 71.0 Å². The molecule has 0 spiro atoms. The van der Waals surface area contributed by atoms with Gasteiger partial charge in [0.25, 0.3) is 0 Å². The Labute approximate surface area is 411 Å². The van der Waals surface area contributed by atoms with Crippen molar-refractivity contribution in [3.8, 4) is 0 Å². The molecule has 64 heavy (non-hydrogen) atoms. The molecule has 12 nitrogen and oxygen atoms in total. The molecule has 0 aromatic heterocycles. The molecular formula is C42H46Br4Mn4O12P2. The first-order valence-electron chi connectivity index (χ1n) is 18.3. The van der Waals surface area contributed by atoms with Gasteiger partial charge in [0.1, 0.15) is 46.4 Å². The molecule has 2 N–H and O–H groups in total. The number of rotatable bonds is 10. The van der Waals surface area contributed by atoms with Crippen molar-refractivity contribution in [2.24, 2.45) is 0 Å². The van der Waals surface area contributed by atoms with Crippen LogP contribution in [-0.2, 0) is 75.6 Å². The van der Waals surface area contributed by atoms with E-state index in [4.69, 9.17) is 47.4 Å². The van der Waals surface area contributed by atoms with Crippen LogP contribution in [0.1, 0.15) is 26.7 Å². The number of benzene rings is 6. The van der Waals surface area contributed by atoms with E-state index < -0.39 is 59.4 Å². The molecule has 0 amide bonds. The van der Waals surface area contributed by atoms with E-state index in [1.807, 2.05) is 56.4 Å². The van der Waals surface area contributed by atoms with E-state index >= 15 is 0 Å². The second-order valence-corrected chi connectivity index (χ2v) is 36.8. The molecule has 0 heterocycles. The molecule has 6 aromatic rings. The van der Waals surface area contributed by atoms with Crippen molar-refractivity contribution in [1.29, 1.82) is 0 Å². The van der Waals surface area contributed by atoms with Crippen LogP contribution in [0.15, 0.2) is 182 Å². The molecule has 0 aliphatic heterocycles. The fourth-order valence-corrected chi connectivity index (χ4v) is 15.2. The average Bonchev–Trinajstić information content (AvgIpc) is 3.22. The summed E-state index contributed by atoms with van der Waals surface area (Å²) in [6, 6.07) is 66.4. The Morgan fingerprint density at radius 1 is 0.359 bits per heavy atom. The van der Waals surface area contributed by atoms with Crippen molar-refractivity contribution in [3.63, 3.8) is 0 Å². The maximum atomic E-state index is 9.16. The van der Waals surface area contributed by atoms with Crippen molar-refractivity contribution in [2.45, 2.75) is 26.7 Å². The van der Waals surface area contributed by atoms with E-state index in [2.05, 4.69) is 196 Å². The summed E-state index contributed by atoms with van der Waals surface area (Å²) >= 11 is -10.1. The zero-order chi connectivity index (χ0) is 48.5. The van der Waals surface area contributed by atoms with E-state index in [1.54, 1.807) is 0 Å². The Morgan fingerprint density at radius 2 is 0.469 bits per heavy atom. The number of hydrogen-bond donors (Lipinski definition) is 2. The molecule has 0 unspecified atom stereocenters. The van der Waals surface area contributed by atoms with Crippen molar-refractivity contribution >= 4 is 103 Å². The van der Waals surface area contributed by atoms with Gasteiger partial charge in [0.15, 0.2) is 0 Å². The van der Waals surface area contributed by atoms with E-state index in [9.17, 15) is 0 Å². The van der Waals surface area contributed by atoms with Gasteiger partial charge in [-0.25, -0.2) is 0 Å². The standard InChI is InChI=1S/2C21H22P.4BrH.4Mn.2H2O.10O/c2*1-2-18-22(19-12-6-3-7-13-19,20-14-8-4-9-15-20)21-16-10-5-11-17-21;;;;;;;;;;;;;;;;;;;;/h2*3-17H,2,18H2,1H3;4*1H;;;;;2*1H2;;;;;;;;;;/q2*+1;;;;;2*+1;2*+2;;;;;;;;;;;2*-1/p-6. The summed E-state index contributed by atoms with van der Waals surface area (Å²) in [4.78, 5) is 0. The topological polar surface area (TPSA) is 223 Å². The molecule has 0 saturated heterocycles. The molecule has 0 aliphatic carbocycles. The summed E-state index contributed by atoms with van der Waals surface area (Å²) in [6.07, 6.45) is 4.80. The van der Waals surface area contributed by atoms with Crippen LogP contribution in [0, 0.1) is 0 Å². The third-order valence-electron chi connectivity index (χ3n) is 8.30. The van der Waals surface area contributed by atoms with Gasteiger partial charge in [-0.15, -0.1) is 0 Å². The molecule has 0 aliphatic rings. The summed E-state index contributed by atoms with van der Waals surface area (Å²) in [5.41, 5.74) is 0. The molecule has 6 aromatic carbocycles. The van der Waals surface area contributed by atoms with Gasteiger partial charge >= 0.3 is 149 Å². The zero-order valence-electron chi connectivity index (χ0n) is 34.0. The van der Waals surface area contributed by atoms with Gasteiger partial charge in [0.05, 0.1) is 12.3 Å². The van der Waals surface area contributed by atoms with Gasteiger partial charge in [-0.3, -0.25) is 0 Å². The van der Waals surface area contributed by atoms with Crippen LogP contribution in [-0.4, -0.2) is 20.7 Å². The predicted octanol–water partition coefficient (Wildman–Crippen LogP) is 7.71. The quantitative estimate of drug-likeness (QED) is 0.0995. The van der Waals surface area contributed by atoms with Gasteiger partial charge in [-0.1, -0.05) is 123 Å². The van der Waals surface area contributed by atoms with Crippen molar-refractivity contribution in [2.75, 3.05) is 12.3 Å². The summed E-state index contributed by atoms with van der Waals surface area (Å²) in [5, 5.41) is 8.88.